The van der Waals surface area contributed by atoms with Crippen molar-refractivity contribution in [2.24, 2.45) is 11.7 Å². The summed E-state index contributed by atoms with van der Waals surface area (Å²) in [5.74, 6) is 0.286. The molecule has 21 heavy (non-hydrogen) atoms. The van der Waals surface area contributed by atoms with Crippen molar-refractivity contribution in [1.82, 2.24) is 0 Å². The van der Waals surface area contributed by atoms with E-state index in [1.807, 2.05) is 0 Å². The molecule has 1 nitrogen and oxygen atoms in total. The van der Waals surface area contributed by atoms with Crippen LogP contribution in [0.5, 0.6) is 0 Å². The Labute approximate surface area is 123 Å². The van der Waals surface area contributed by atoms with Gasteiger partial charge in [0.05, 0.1) is 11.1 Å². The van der Waals surface area contributed by atoms with Gasteiger partial charge in [-0.1, -0.05) is 18.9 Å². The SMILES string of the molecule is Cl.N[C@H](CC1CC1)c1ccc(C(F)(F)F)cc1C(F)(F)F. The summed E-state index contributed by atoms with van der Waals surface area (Å²) in [6.45, 7) is 0. The Morgan fingerprint density at radius 1 is 1.05 bits per heavy atom. The topological polar surface area (TPSA) is 26.0 Å². The predicted molar refractivity (Wildman–Crippen MR) is 68.0 cm³/mol. The fraction of sp³-hybridized carbons (Fsp3) is 0.538. The maximum atomic E-state index is 12.9. The highest BCUT2D eigenvalue weighted by Gasteiger charge is 2.39. The van der Waals surface area contributed by atoms with Gasteiger partial charge in [0.2, 0.25) is 0 Å². The molecule has 1 fully saturated rings. The molecule has 1 saturated carbocycles. The number of alkyl halides is 6. The smallest absolute Gasteiger partial charge is 0.324 e. The van der Waals surface area contributed by atoms with E-state index in [0.717, 1.165) is 18.9 Å². The molecule has 0 saturated heterocycles. The zero-order valence-corrected chi connectivity index (χ0v) is 11.6. The fourth-order valence-electron chi connectivity index (χ4n) is 2.14. The van der Waals surface area contributed by atoms with E-state index in [1.165, 1.54) is 0 Å². The summed E-state index contributed by atoms with van der Waals surface area (Å²) in [7, 11) is 0. The second-order valence-corrected chi connectivity index (χ2v) is 5.08. The minimum Gasteiger partial charge on any atom is -0.324 e. The Morgan fingerprint density at radius 3 is 2.05 bits per heavy atom. The minimum atomic E-state index is -4.85. The summed E-state index contributed by atoms with van der Waals surface area (Å²) in [6.07, 6.45) is -7.46. The number of benzene rings is 1. The first kappa shape index (κ1) is 18.1. The lowest BCUT2D eigenvalue weighted by atomic mass is 9.94. The van der Waals surface area contributed by atoms with Crippen molar-refractivity contribution < 1.29 is 26.3 Å². The van der Waals surface area contributed by atoms with Crippen LogP contribution in [0, 0.1) is 5.92 Å². The summed E-state index contributed by atoms with van der Waals surface area (Å²) >= 11 is 0. The molecule has 120 valence electrons. The highest BCUT2D eigenvalue weighted by atomic mass is 35.5. The third-order valence-corrected chi connectivity index (χ3v) is 3.37. The zero-order chi connectivity index (χ0) is 15.1. The van der Waals surface area contributed by atoms with Gasteiger partial charge in [0.1, 0.15) is 0 Å². The molecule has 0 amide bonds. The van der Waals surface area contributed by atoms with E-state index in [9.17, 15) is 26.3 Å². The van der Waals surface area contributed by atoms with Crippen LogP contribution < -0.4 is 5.73 Å². The monoisotopic (exact) mass is 333 g/mol. The first-order valence-corrected chi connectivity index (χ1v) is 6.13. The van der Waals surface area contributed by atoms with Gasteiger partial charge in [-0.25, -0.2) is 0 Å². The molecule has 0 spiro atoms. The van der Waals surface area contributed by atoms with Crippen LogP contribution in [0.15, 0.2) is 18.2 Å². The molecule has 1 aromatic carbocycles. The van der Waals surface area contributed by atoms with Gasteiger partial charge in [0.25, 0.3) is 0 Å². The van der Waals surface area contributed by atoms with Crippen molar-refractivity contribution in [3.8, 4) is 0 Å². The van der Waals surface area contributed by atoms with Crippen LogP contribution in [0.25, 0.3) is 0 Å². The summed E-state index contributed by atoms with van der Waals surface area (Å²) in [5.41, 5.74) is 2.84. The molecule has 8 heteroatoms. The molecule has 1 aromatic rings. The number of hydrogen-bond donors (Lipinski definition) is 1. The molecule has 1 aliphatic rings. The fourth-order valence-corrected chi connectivity index (χ4v) is 2.14. The van der Waals surface area contributed by atoms with Crippen molar-refractivity contribution >= 4 is 12.4 Å². The van der Waals surface area contributed by atoms with E-state index in [1.54, 1.807) is 0 Å². The number of rotatable bonds is 3. The Kier molecular flexibility index (Phi) is 5.21. The van der Waals surface area contributed by atoms with Crippen molar-refractivity contribution in [1.29, 1.82) is 0 Å². The second kappa shape index (κ2) is 6.04. The number of hydrogen-bond acceptors (Lipinski definition) is 1. The van der Waals surface area contributed by atoms with Crippen molar-refractivity contribution in [3.05, 3.63) is 34.9 Å². The van der Waals surface area contributed by atoms with E-state index in [0.29, 0.717) is 12.5 Å². The molecule has 0 radical (unpaired) electrons. The van der Waals surface area contributed by atoms with Gasteiger partial charge in [0.15, 0.2) is 0 Å². The lowest BCUT2D eigenvalue weighted by molar-refractivity contribution is -0.143. The van der Waals surface area contributed by atoms with E-state index in [2.05, 4.69) is 0 Å². The van der Waals surface area contributed by atoms with Crippen LogP contribution >= 0.6 is 12.4 Å². The second-order valence-electron chi connectivity index (χ2n) is 5.08. The molecule has 1 aliphatic carbocycles. The lowest BCUT2D eigenvalue weighted by Gasteiger charge is -2.20. The molecule has 0 aromatic heterocycles. The average Bonchev–Trinajstić information content (AvgIpc) is 3.09. The molecule has 2 N–H and O–H groups in total. The quantitative estimate of drug-likeness (QED) is 0.778. The Morgan fingerprint density at radius 2 is 1.62 bits per heavy atom. The molecule has 0 heterocycles. The van der Waals surface area contributed by atoms with E-state index < -0.39 is 29.5 Å². The van der Waals surface area contributed by atoms with Crippen molar-refractivity contribution in [3.63, 3.8) is 0 Å². The molecular weight excluding hydrogens is 320 g/mol. The molecule has 1 atom stereocenters. The first-order valence-electron chi connectivity index (χ1n) is 6.13. The molecule has 2 rings (SSSR count). The number of nitrogens with two attached hydrogens (primary N) is 1. The van der Waals surface area contributed by atoms with Crippen molar-refractivity contribution in [2.45, 2.75) is 37.7 Å². The Balaban J connectivity index is 0.00000220. The van der Waals surface area contributed by atoms with Crippen LogP contribution in [0.4, 0.5) is 26.3 Å². The van der Waals surface area contributed by atoms with Crippen molar-refractivity contribution in [2.75, 3.05) is 0 Å². The van der Waals surface area contributed by atoms with Gasteiger partial charge in [0, 0.05) is 6.04 Å². The summed E-state index contributed by atoms with van der Waals surface area (Å²) in [6, 6.07) is 0.749. The van der Waals surface area contributed by atoms with Gasteiger partial charge < -0.3 is 5.73 Å². The molecule has 0 bridgehead atoms. The summed E-state index contributed by atoms with van der Waals surface area (Å²) in [4.78, 5) is 0. The van der Waals surface area contributed by atoms with Crippen LogP contribution in [-0.4, -0.2) is 0 Å². The third-order valence-electron chi connectivity index (χ3n) is 3.37. The molecule has 0 aliphatic heterocycles. The van der Waals surface area contributed by atoms with E-state index >= 15 is 0 Å². The van der Waals surface area contributed by atoms with Gasteiger partial charge in [-0.15, -0.1) is 12.4 Å². The molecule has 0 unspecified atom stereocenters. The van der Waals surface area contributed by atoms with Crippen LogP contribution in [0.3, 0.4) is 0 Å². The normalized spacial score (nSPS) is 17.3. The average molecular weight is 334 g/mol. The zero-order valence-electron chi connectivity index (χ0n) is 10.8. The number of halogens is 7. The predicted octanol–water partition coefficient (Wildman–Crippen LogP) is 4.95. The standard InChI is InChI=1S/C13H13F6N.ClH/c14-12(15,16)8-3-4-9(10(6-8)13(17,18)19)11(20)5-7-1-2-7;/h3-4,6-7,11H,1-2,5,20H2;1H/t11-;/m1./s1. The highest BCUT2D eigenvalue weighted by molar-refractivity contribution is 5.85. The van der Waals surface area contributed by atoms with Gasteiger partial charge in [-0.2, -0.15) is 26.3 Å². The van der Waals surface area contributed by atoms with Gasteiger partial charge in [-0.3, -0.25) is 0 Å². The summed E-state index contributed by atoms with van der Waals surface area (Å²) < 4.78 is 76.3. The third kappa shape index (κ3) is 4.51. The van der Waals surface area contributed by atoms with E-state index in [-0.39, 0.29) is 30.0 Å². The first-order chi connectivity index (χ1) is 9.09. The Bertz CT molecular complexity index is 492. The Hall–Kier alpha value is -0.950. The van der Waals surface area contributed by atoms with Gasteiger partial charge >= 0.3 is 12.4 Å². The lowest BCUT2D eigenvalue weighted by Crippen LogP contribution is -2.19. The van der Waals surface area contributed by atoms with Crippen LogP contribution in [0.2, 0.25) is 0 Å². The summed E-state index contributed by atoms with van der Waals surface area (Å²) in [5, 5.41) is 0. The van der Waals surface area contributed by atoms with Gasteiger partial charge in [-0.05, 0) is 30.0 Å². The van der Waals surface area contributed by atoms with E-state index in [4.69, 9.17) is 5.73 Å². The maximum absolute atomic E-state index is 12.9. The largest absolute Gasteiger partial charge is 0.416 e. The minimum absolute atomic E-state index is 0. The maximum Gasteiger partial charge on any atom is 0.416 e. The highest BCUT2D eigenvalue weighted by Crippen LogP contribution is 2.42. The molecular formula is C13H14ClF6N. The van der Waals surface area contributed by atoms with Crippen LogP contribution in [0.1, 0.15) is 42.0 Å². The van der Waals surface area contributed by atoms with Crippen LogP contribution in [-0.2, 0) is 12.4 Å².